The van der Waals surface area contributed by atoms with Crippen LogP contribution in [0.15, 0.2) is 18.5 Å². The second-order valence-electron chi connectivity index (χ2n) is 3.90. The van der Waals surface area contributed by atoms with Gasteiger partial charge in [0.15, 0.2) is 0 Å². The first kappa shape index (κ1) is 8.97. The Hall–Kier alpha value is -0.121. The predicted octanol–water partition coefficient (Wildman–Crippen LogP) is 0.489. The molecule has 0 fully saturated rings. The van der Waals surface area contributed by atoms with Crippen molar-refractivity contribution in [1.82, 2.24) is 9.97 Å². The molecule has 0 bridgehead atoms. The molecule has 1 aromatic heterocycles. The van der Waals surface area contributed by atoms with Crippen LogP contribution in [0.25, 0.3) is 0 Å². The normalized spacial score (nSPS) is 12.6. The third-order valence-corrected chi connectivity index (χ3v) is 6.28. The summed E-state index contributed by atoms with van der Waals surface area (Å²) in [6.07, 6.45) is 3.68. The average molecular weight is 257 g/mol. The molecule has 0 aliphatic rings. The number of aromatic nitrogens is 2. The van der Waals surface area contributed by atoms with Gasteiger partial charge < -0.3 is 0 Å². The van der Waals surface area contributed by atoms with Crippen LogP contribution in [0, 0.1) is 0 Å². The minimum atomic E-state index is -0.927. The zero-order valence-corrected chi connectivity index (χ0v) is 11.4. The first-order valence-corrected chi connectivity index (χ1v) is 7.87. The molecule has 2 nitrogen and oxygen atoms in total. The van der Waals surface area contributed by atoms with Crippen LogP contribution in [0.3, 0.4) is 0 Å². The molecule has 0 aliphatic carbocycles. The van der Waals surface area contributed by atoms with Crippen LogP contribution >= 0.6 is 0 Å². The van der Waals surface area contributed by atoms with E-state index in [0.29, 0.717) is 3.43 Å². The van der Waals surface area contributed by atoms with Crippen molar-refractivity contribution in [3.63, 3.8) is 0 Å². The summed E-state index contributed by atoms with van der Waals surface area (Å²) in [6.45, 7) is 6.83. The molecule has 3 heteroatoms. The van der Waals surface area contributed by atoms with E-state index in [0.717, 1.165) is 3.84 Å². The van der Waals surface area contributed by atoms with E-state index in [4.69, 9.17) is 0 Å². The van der Waals surface area contributed by atoms with Crippen LogP contribution in [0.2, 0.25) is 3.43 Å². The third kappa shape index (κ3) is 3.70. The van der Waals surface area contributed by atoms with Crippen molar-refractivity contribution in [1.29, 1.82) is 0 Å². The first-order valence-electron chi connectivity index (χ1n) is 3.84. The van der Waals surface area contributed by atoms with Gasteiger partial charge in [-0.15, -0.1) is 0 Å². The van der Waals surface area contributed by atoms with E-state index in [-0.39, 0.29) is 0 Å². The summed E-state index contributed by atoms with van der Waals surface area (Å²) in [5, 5.41) is 0. The maximum absolute atomic E-state index is 4.25. The van der Waals surface area contributed by atoms with Crippen molar-refractivity contribution in [2.75, 3.05) is 0 Å². The van der Waals surface area contributed by atoms with Gasteiger partial charge in [0.05, 0.1) is 0 Å². The number of hydrogen-bond donors (Lipinski definition) is 0. The van der Waals surface area contributed by atoms with Crippen molar-refractivity contribution >= 4 is 25.0 Å². The topological polar surface area (TPSA) is 25.8 Å². The molecule has 0 amide bonds. The third-order valence-electron chi connectivity index (χ3n) is 1.31. The van der Waals surface area contributed by atoms with Gasteiger partial charge in [-0.1, -0.05) is 0 Å². The molecule has 0 spiro atoms. The van der Waals surface area contributed by atoms with Crippen LogP contribution < -0.4 is 3.84 Å². The van der Waals surface area contributed by atoms with Crippen LogP contribution in [0.5, 0.6) is 0 Å². The van der Waals surface area contributed by atoms with E-state index in [9.17, 15) is 0 Å². The Kier molecular flexibility index (Phi) is 2.87. The second-order valence-corrected chi connectivity index (χ2v) is 12.8. The van der Waals surface area contributed by atoms with Crippen molar-refractivity contribution < 1.29 is 0 Å². The van der Waals surface area contributed by atoms with Gasteiger partial charge in [-0.05, 0) is 0 Å². The van der Waals surface area contributed by atoms with E-state index in [1.54, 1.807) is 0 Å². The molecule has 0 N–H and O–H groups in total. The number of hydrogen-bond acceptors (Lipinski definition) is 2. The zero-order chi connectivity index (χ0) is 8.32. The van der Waals surface area contributed by atoms with Crippen molar-refractivity contribution in [2.45, 2.75) is 24.2 Å². The Bertz CT molecular complexity index is 215. The zero-order valence-electron chi connectivity index (χ0n) is 7.33. The Morgan fingerprint density at radius 3 is 2.18 bits per heavy atom. The molecule has 1 heterocycles. The molecule has 60 valence electrons. The van der Waals surface area contributed by atoms with Crippen LogP contribution in [-0.2, 0) is 0 Å². The molecule has 0 saturated heterocycles. The van der Waals surface area contributed by atoms with Crippen LogP contribution in [0.4, 0.5) is 0 Å². The molecule has 0 atom stereocenters. The van der Waals surface area contributed by atoms with Gasteiger partial charge in [0.1, 0.15) is 0 Å². The summed E-state index contributed by atoms with van der Waals surface area (Å²) in [5.74, 6) is 0. The monoisotopic (exact) mass is 258 g/mol. The fourth-order valence-electron chi connectivity index (χ4n) is 0.896. The summed E-state index contributed by atoms with van der Waals surface area (Å²) in [4.78, 5) is 8.49. The van der Waals surface area contributed by atoms with E-state index in [1.807, 2.05) is 18.5 Å². The predicted molar refractivity (Wildman–Crippen MR) is 49.9 cm³/mol. The van der Waals surface area contributed by atoms with E-state index >= 15 is 0 Å². The molecule has 0 unspecified atom stereocenters. The SMILES string of the molecule is C[C](C)(C)[SnH2][c]1ncccn1. The Morgan fingerprint density at radius 1 is 1.18 bits per heavy atom. The van der Waals surface area contributed by atoms with Gasteiger partial charge in [-0.3, -0.25) is 0 Å². The number of rotatable bonds is 1. The van der Waals surface area contributed by atoms with Gasteiger partial charge in [-0.25, -0.2) is 0 Å². The standard InChI is InChI=1S/C4H3N2.C4H9.Sn.2H/c1-2-5-4-6-3-1;1-4(2)3;;;/h1-3H;1-3H3;;;. The number of nitrogens with zero attached hydrogens (tertiary/aromatic N) is 2. The second kappa shape index (κ2) is 3.52. The molecule has 0 saturated carbocycles. The molecule has 0 radical (unpaired) electrons. The van der Waals surface area contributed by atoms with Gasteiger partial charge in [0, 0.05) is 0 Å². The molecule has 0 aromatic carbocycles. The van der Waals surface area contributed by atoms with Gasteiger partial charge in [-0.2, -0.15) is 0 Å². The van der Waals surface area contributed by atoms with E-state index in [1.165, 1.54) is 0 Å². The van der Waals surface area contributed by atoms with Crippen LogP contribution in [-0.4, -0.2) is 31.1 Å². The Balaban J connectivity index is 2.66. The fourth-order valence-corrected chi connectivity index (χ4v) is 4.73. The first-order chi connectivity index (χ1) is 5.08. The summed E-state index contributed by atoms with van der Waals surface area (Å²) in [6, 6.07) is 1.87. The molecule has 1 aromatic rings. The Labute approximate surface area is 77.7 Å². The van der Waals surface area contributed by atoms with E-state index in [2.05, 4.69) is 30.7 Å². The molecule has 1 rings (SSSR count). The maximum atomic E-state index is 4.25. The molecule has 11 heavy (non-hydrogen) atoms. The average Bonchev–Trinajstić information content (AvgIpc) is 1.85. The summed E-state index contributed by atoms with van der Waals surface area (Å²) in [7, 11) is 0. The van der Waals surface area contributed by atoms with Gasteiger partial charge in [0.25, 0.3) is 0 Å². The van der Waals surface area contributed by atoms with Crippen molar-refractivity contribution in [3.05, 3.63) is 18.5 Å². The van der Waals surface area contributed by atoms with Crippen molar-refractivity contribution in [3.8, 4) is 0 Å². The summed E-state index contributed by atoms with van der Waals surface area (Å²) in [5.41, 5.74) is 0. The van der Waals surface area contributed by atoms with Crippen molar-refractivity contribution in [2.24, 2.45) is 0 Å². The van der Waals surface area contributed by atoms with Gasteiger partial charge in [0.2, 0.25) is 0 Å². The summed E-state index contributed by atoms with van der Waals surface area (Å²) >= 11 is -0.927. The Morgan fingerprint density at radius 2 is 1.73 bits per heavy atom. The quantitative estimate of drug-likeness (QED) is 0.684. The molecular weight excluding hydrogens is 243 g/mol. The molecule has 0 aliphatic heterocycles. The van der Waals surface area contributed by atoms with Crippen LogP contribution in [0.1, 0.15) is 20.8 Å². The summed E-state index contributed by atoms with van der Waals surface area (Å²) < 4.78 is 1.63. The minimum absolute atomic E-state index is 0.489. The molecular formula is C8H14N2Sn. The van der Waals surface area contributed by atoms with E-state index < -0.39 is 21.1 Å². The fraction of sp³-hybridized carbons (Fsp3) is 0.500. The van der Waals surface area contributed by atoms with Gasteiger partial charge >= 0.3 is 77.6 Å².